The fraction of sp³-hybridized carbons (Fsp3) is 0.667. The third-order valence-electron chi connectivity index (χ3n) is 5.30. The van der Waals surface area contributed by atoms with Gasteiger partial charge in [-0.15, -0.1) is 0 Å². The van der Waals surface area contributed by atoms with E-state index in [0.717, 1.165) is 13.1 Å². The van der Waals surface area contributed by atoms with E-state index in [0.29, 0.717) is 37.0 Å². The minimum atomic E-state index is -3.61. The maximum absolute atomic E-state index is 12.7. The Kier molecular flexibility index (Phi) is 8.04. The van der Waals surface area contributed by atoms with Gasteiger partial charge in [0, 0.05) is 44.3 Å². The molecule has 7 heteroatoms. The molecule has 1 fully saturated rings. The average molecular weight is 410 g/mol. The van der Waals surface area contributed by atoms with E-state index in [-0.39, 0.29) is 16.8 Å². The standard InChI is InChI=1S/C21H35N3O3S/c1-6-24(7-2)21(25)19-8-10-20(11-9-19)28(26,27)22-18(5)15-23-13-16(3)12-17(4)14-23/h8-11,16-18,22H,6-7,12-15H2,1-5H3/t16-,17-,18+/m0/s1. The van der Waals surface area contributed by atoms with Gasteiger partial charge in [0.15, 0.2) is 0 Å². The third kappa shape index (κ3) is 6.03. The summed E-state index contributed by atoms with van der Waals surface area (Å²) in [6, 6.07) is 6.02. The van der Waals surface area contributed by atoms with Crippen LogP contribution in [0.3, 0.4) is 0 Å². The smallest absolute Gasteiger partial charge is 0.253 e. The molecule has 28 heavy (non-hydrogen) atoms. The van der Waals surface area contributed by atoms with Crippen molar-refractivity contribution in [3.63, 3.8) is 0 Å². The maximum Gasteiger partial charge on any atom is 0.253 e. The summed E-state index contributed by atoms with van der Waals surface area (Å²) in [5.74, 6) is 1.20. The molecule has 1 heterocycles. The number of likely N-dealkylation sites (tertiary alicyclic amines) is 1. The molecule has 1 N–H and O–H groups in total. The second-order valence-corrected chi connectivity index (χ2v) is 9.90. The molecule has 0 spiro atoms. The van der Waals surface area contributed by atoms with E-state index in [1.165, 1.54) is 18.6 Å². The molecule has 1 amide bonds. The fourth-order valence-electron chi connectivity index (χ4n) is 4.17. The molecule has 0 aliphatic carbocycles. The summed E-state index contributed by atoms with van der Waals surface area (Å²) in [5.41, 5.74) is 0.506. The van der Waals surface area contributed by atoms with Crippen molar-refractivity contribution < 1.29 is 13.2 Å². The number of amides is 1. The normalized spacial score (nSPS) is 22.0. The number of hydrogen-bond donors (Lipinski definition) is 1. The molecular formula is C21H35N3O3S. The Morgan fingerprint density at radius 3 is 2.18 bits per heavy atom. The van der Waals surface area contributed by atoms with Crippen molar-refractivity contribution in [1.29, 1.82) is 0 Å². The van der Waals surface area contributed by atoms with E-state index in [9.17, 15) is 13.2 Å². The first-order chi connectivity index (χ1) is 13.2. The monoisotopic (exact) mass is 409 g/mol. The van der Waals surface area contributed by atoms with Crippen LogP contribution in [-0.4, -0.2) is 62.9 Å². The van der Waals surface area contributed by atoms with E-state index in [4.69, 9.17) is 0 Å². The molecule has 2 rings (SSSR count). The summed E-state index contributed by atoms with van der Waals surface area (Å²) in [7, 11) is -3.61. The summed E-state index contributed by atoms with van der Waals surface area (Å²) < 4.78 is 28.2. The van der Waals surface area contributed by atoms with Gasteiger partial charge < -0.3 is 9.80 Å². The van der Waals surface area contributed by atoms with E-state index in [2.05, 4.69) is 23.5 Å². The van der Waals surface area contributed by atoms with E-state index < -0.39 is 10.0 Å². The highest BCUT2D eigenvalue weighted by Crippen LogP contribution is 2.21. The average Bonchev–Trinajstić information content (AvgIpc) is 2.61. The number of sulfonamides is 1. The molecule has 1 aliphatic rings. The third-order valence-corrected chi connectivity index (χ3v) is 6.90. The topological polar surface area (TPSA) is 69.7 Å². The van der Waals surface area contributed by atoms with Gasteiger partial charge in [0.1, 0.15) is 0 Å². The molecule has 0 bridgehead atoms. The Hall–Kier alpha value is -1.44. The molecule has 3 atom stereocenters. The van der Waals surface area contributed by atoms with Crippen molar-refractivity contribution in [3.8, 4) is 0 Å². The number of piperidine rings is 1. The molecule has 0 saturated carbocycles. The van der Waals surface area contributed by atoms with Crippen LogP contribution in [0.2, 0.25) is 0 Å². The van der Waals surface area contributed by atoms with Crippen LogP contribution in [0.25, 0.3) is 0 Å². The fourth-order valence-corrected chi connectivity index (χ4v) is 5.40. The minimum Gasteiger partial charge on any atom is -0.339 e. The van der Waals surface area contributed by atoms with Crippen LogP contribution in [0, 0.1) is 11.8 Å². The molecule has 1 aliphatic heterocycles. The predicted octanol–water partition coefficient (Wildman–Crippen LogP) is 2.81. The van der Waals surface area contributed by atoms with Crippen LogP contribution in [0.5, 0.6) is 0 Å². The lowest BCUT2D eigenvalue weighted by Gasteiger charge is -2.36. The van der Waals surface area contributed by atoms with Crippen LogP contribution < -0.4 is 4.72 Å². The van der Waals surface area contributed by atoms with Crippen molar-refractivity contribution >= 4 is 15.9 Å². The van der Waals surface area contributed by atoms with Crippen LogP contribution in [0.1, 0.15) is 51.4 Å². The van der Waals surface area contributed by atoms with Gasteiger partial charge in [-0.1, -0.05) is 13.8 Å². The van der Waals surface area contributed by atoms with Crippen LogP contribution in [-0.2, 0) is 10.0 Å². The Labute approximate surface area is 170 Å². The van der Waals surface area contributed by atoms with Crippen LogP contribution in [0.15, 0.2) is 29.2 Å². The second kappa shape index (κ2) is 9.85. The van der Waals surface area contributed by atoms with Crippen molar-refractivity contribution in [2.24, 2.45) is 11.8 Å². The van der Waals surface area contributed by atoms with Gasteiger partial charge in [0.2, 0.25) is 10.0 Å². The van der Waals surface area contributed by atoms with Gasteiger partial charge in [-0.2, -0.15) is 0 Å². The van der Waals surface area contributed by atoms with Gasteiger partial charge in [-0.05, 0) is 63.3 Å². The number of rotatable bonds is 8. The Morgan fingerprint density at radius 2 is 1.68 bits per heavy atom. The molecule has 1 saturated heterocycles. The Balaban J connectivity index is 2.01. The van der Waals surface area contributed by atoms with Gasteiger partial charge >= 0.3 is 0 Å². The van der Waals surface area contributed by atoms with E-state index >= 15 is 0 Å². The SMILES string of the molecule is CCN(CC)C(=O)c1ccc(S(=O)(=O)N[C@H](C)CN2C[C@@H](C)C[C@H](C)C2)cc1. The van der Waals surface area contributed by atoms with Crippen molar-refractivity contribution in [2.75, 3.05) is 32.7 Å². The highest BCUT2D eigenvalue weighted by atomic mass is 32.2. The summed E-state index contributed by atoms with van der Waals surface area (Å²) in [6.07, 6.45) is 1.23. The summed E-state index contributed by atoms with van der Waals surface area (Å²) in [4.78, 5) is 16.6. The van der Waals surface area contributed by atoms with Crippen molar-refractivity contribution in [1.82, 2.24) is 14.5 Å². The molecule has 6 nitrogen and oxygen atoms in total. The lowest BCUT2D eigenvalue weighted by Crippen LogP contribution is -2.46. The summed E-state index contributed by atoms with van der Waals surface area (Å²) in [5, 5.41) is 0. The zero-order valence-electron chi connectivity index (χ0n) is 17.8. The van der Waals surface area contributed by atoms with E-state index in [1.54, 1.807) is 17.0 Å². The molecule has 0 radical (unpaired) electrons. The molecule has 158 valence electrons. The van der Waals surface area contributed by atoms with Gasteiger partial charge in [0.25, 0.3) is 5.91 Å². The van der Waals surface area contributed by atoms with Crippen molar-refractivity contribution in [2.45, 2.75) is 52.0 Å². The molecule has 1 aromatic carbocycles. The number of benzene rings is 1. The number of nitrogens with zero attached hydrogens (tertiary/aromatic N) is 2. The predicted molar refractivity (Wildman–Crippen MR) is 113 cm³/mol. The maximum atomic E-state index is 12.7. The first kappa shape index (κ1) is 22.8. The van der Waals surface area contributed by atoms with Gasteiger partial charge in [-0.25, -0.2) is 13.1 Å². The quantitative estimate of drug-likeness (QED) is 0.717. The Morgan fingerprint density at radius 1 is 1.14 bits per heavy atom. The first-order valence-electron chi connectivity index (χ1n) is 10.3. The summed E-state index contributed by atoms with van der Waals surface area (Å²) >= 11 is 0. The van der Waals surface area contributed by atoms with E-state index in [1.807, 2.05) is 20.8 Å². The zero-order chi connectivity index (χ0) is 20.9. The Bertz CT molecular complexity index is 735. The molecule has 0 unspecified atom stereocenters. The lowest BCUT2D eigenvalue weighted by molar-refractivity contribution is 0.0773. The molecule has 0 aromatic heterocycles. The van der Waals surface area contributed by atoms with Gasteiger partial charge in [-0.3, -0.25) is 4.79 Å². The second-order valence-electron chi connectivity index (χ2n) is 8.19. The molecular weight excluding hydrogens is 374 g/mol. The number of carbonyl (C=O) groups excluding carboxylic acids is 1. The number of hydrogen-bond acceptors (Lipinski definition) is 4. The van der Waals surface area contributed by atoms with Crippen LogP contribution in [0.4, 0.5) is 0 Å². The first-order valence-corrected chi connectivity index (χ1v) is 11.8. The summed E-state index contributed by atoms with van der Waals surface area (Å²) in [6.45, 7) is 14.2. The highest BCUT2D eigenvalue weighted by molar-refractivity contribution is 7.89. The van der Waals surface area contributed by atoms with Crippen molar-refractivity contribution in [3.05, 3.63) is 29.8 Å². The van der Waals surface area contributed by atoms with Gasteiger partial charge in [0.05, 0.1) is 4.90 Å². The minimum absolute atomic E-state index is 0.0800. The number of nitrogens with one attached hydrogen (secondary N) is 1. The molecule has 1 aromatic rings. The largest absolute Gasteiger partial charge is 0.339 e. The highest BCUT2D eigenvalue weighted by Gasteiger charge is 2.25. The zero-order valence-corrected chi connectivity index (χ0v) is 18.6. The number of carbonyl (C=O) groups is 1. The van der Waals surface area contributed by atoms with Crippen LogP contribution >= 0.6 is 0 Å². The lowest BCUT2D eigenvalue weighted by atomic mass is 9.92.